The number of halogens is 7. The van der Waals surface area contributed by atoms with Crippen molar-refractivity contribution >= 4 is 27.4 Å². The molecule has 1 aromatic rings. The van der Waals surface area contributed by atoms with Crippen LogP contribution in [0.3, 0.4) is 0 Å². The van der Waals surface area contributed by atoms with Crippen LogP contribution in [-0.4, -0.2) is 44.0 Å². The molecule has 0 bridgehead atoms. The fourth-order valence-electron chi connectivity index (χ4n) is 1.57. The van der Waals surface area contributed by atoms with Crippen molar-refractivity contribution in [3.8, 4) is 0 Å². The summed E-state index contributed by atoms with van der Waals surface area (Å²) in [5.74, 6) is -2.76. The van der Waals surface area contributed by atoms with Crippen molar-refractivity contribution in [3.63, 3.8) is 0 Å². The molecule has 2 rings (SSSR count). The Balaban J connectivity index is 0.000000381. The van der Waals surface area contributed by atoms with E-state index in [2.05, 4.69) is 5.32 Å². The van der Waals surface area contributed by atoms with Crippen molar-refractivity contribution in [1.82, 2.24) is 5.32 Å². The second kappa shape index (κ2) is 7.38. The summed E-state index contributed by atoms with van der Waals surface area (Å²) in [5.41, 5.74) is -0.960. The van der Waals surface area contributed by atoms with Gasteiger partial charge in [0.15, 0.2) is 9.84 Å². The molecule has 0 radical (unpaired) electrons. The standard InChI is InChI=1S/C10H9ClF3NO2S.C2HF3O2/c11-8-3-6(10(12,13)14)1-2-9(8)18(16,17)7-4-15-5-7;3-2(4,5)1(6)7/h1-3,7,15H,4-5H2;(H,6,7). The van der Waals surface area contributed by atoms with Crippen LogP contribution < -0.4 is 5.32 Å². The highest BCUT2D eigenvalue weighted by Crippen LogP contribution is 2.34. The first-order valence-corrected chi connectivity index (χ1v) is 8.21. The van der Waals surface area contributed by atoms with Crippen molar-refractivity contribution < 1.29 is 44.7 Å². The molecule has 2 N–H and O–H groups in total. The summed E-state index contributed by atoms with van der Waals surface area (Å²) in [4.78, 5) is 8.65. The largest absolute Gasteiger partial charge is 0.490 e. The van der Waals surface area contributed by atoms with E-state index in [9.17, 15) is 34.8 Å². The number of nitrogens with one attached hydrogen (secondary N) is 1. The average molecular weight is 414 g/mol. The van der Waals surface area contributed by atoms with E-state index in [1.54, 1.807) is 0 Å². The molecule has 0 spiro atoms. The van der Waals surface area contributed by atoms with Crippen LogP contribution in [0.1, 0.15) is 5.56 Å². The minimum absolute atomic E-state index is 0.247. The van der Waals surface area contributed by atoms with Gasteiger partial charge in [-0.1, -0.05) is 11.6 Å². The Hall–Kier alpha value is -1.53. The molecule has 1 heterocycles. The molecule has 13 heteroatoms. The van der Waals surface area contributed by atoms with Crippen molar-refractivity contribution in [3.05, 3.63) is 28.8 Å². The molecular formula is C12H10ClF6NO4S. The zero-order chi connectivity index (χ0) is 19.6. The van der Waals surface area contributed by atoms with E-state index in [0.717, 1.165) is 12.1 Å². The zero-order valence-corrected chi connectivity index (χ0v) is 13.5. The number of carboxylic acids is 1. The van der Waals surface area contributed by atoms with Gasteiger partial charge in [0.05, 0.1) is 20.7 Å². The molecule has 142 valence electrons. The molecule has 1 aliphatic rings. The molecule has 0 atom stereocenters. The number of sulfone groups is 1. The van der Waals surface area contributed by atoms with Crippen LogP contribution in [0.15, 0.2) is 23.1 Å². The Morgan fingerprint density at radius 3 is 1.92 bits per heavy atom. The van der Waals surface area contributed by atoms with Crippen LogP contribution in [0.2, 0.25) is 5.02 Å². The van der Waals surface area contributed by atoms with Gasteiger partial charge in [0, 0.05) is 13.1 Å². The van der Waals surface area contributed by atoms with E-state index in [4.69, 9.17) is 21.5 Å². The van der Waals surface area contributed by atoms with E-state index in [1.807, 2.05) is 0 Å². The summed E-state index contributed by atoms with van der Waals surface area (Å²) in [5, 5.41) is 8.90. The molecule has 1 aliphatic heterocycles. The lowest BCUT2D eigenvalue weighted by Crippen LogP contribution is -2.51. The first kappa shape index (κ1) is 21.5. The molecule has 1 fully saturated rings. The first-order valence-electron chi connectivity index (χ1n) is 6.29. The van der Waals surface area contributed by atoms with Gasteiger partial charge in [-0.15, -0.1) is 0 Å². The van der Waals surface area contributed by atoms with Crippen LogP contribution >= 0.6 is 11.6 Å². The highest BCUT2D eigenvalue weighted by atomic mass is 35.5. The Morgan fingerprint density at radius 2 is 1.64 bits per heavy atom. The van der Waals surface area contributed by atoms with Gasteiger partial charge in [0.1, 0.15) is 0 Å². The lowest BCUT2D eigenvalue weighted by Gasteiger charge is -2.27. The maximum atomic E-state index is 12.4. The van der Waals surface area contributed by atoms with E-state index in [-0.39, 0.29) is 4.90 Å². The minimum Gasteiger partial charge on any atom is -0.475 e. The number of carboxylic acid groups (broad SMARTS) is 1. The van der Waals surface area contributed by atoms with E-state index < -0.39 is 44.0 Å². The topological polar surface area (TPSA) is 83.5 Å². The lowest BCUT2D eigenvalue weighted by molar-refractivity contribution is -0.192. The number of hydrogen-bond acceptors (Lipinski definition) is 4. The van der Waals surface area contributed by atoms with Gasteiger partial charge in [-0.05, 0) is 18.2 Å². The maximum absolute atomic E-state index is 12.4. The highest BCUT2D eigenvalue weighted by Gasteiger charge is 2.38. The van der Waals surface area contributed by atoms with E-state index in [1.165, 1.54) is 0 Å². The third-order valence-corrected chi connectivity index (χ3v) is 5.60. The summed E-state index contributed by atoms with van der Waals surface area (Å²) in [6, 6.07) is 2.28. The van der Waals surface area contributed by atoms with E-state index >= 15 is 0 Å². The van der Waals surface area contributed by atoms with Gasteiger partial charge >= 0.3 is 18.3 Å². The Morgan fingerprint density at radius 1 is 1.16 bits per heavy atom. The van der Waals surface area contributed by atoms with E-state index in [0.29, 0.717) is 19.2 Å². The van der Waals surface area contributed by atoms with Gasteiger partial charge in [0.2, 0.25) is 0 Å². The number of rotatable bonds is 2. The molecule has 0 unspecified atom stereocenters. The zero-order valence-electron chi connectivity index (χ0n) is 11.9. The molecule has 5 nitrogen and oxygen atoms in total. The molecule has 0 aliphatic carbocycles. The third-order valence-electron chi connectivity index (χ3n) is 2.99. The number of aliphatic carboxylic acids is 1. The predicted molar refractivity (Wildman–Crippen MR) is 74.0 cm³/mol. The first-order chi connectivity index (χ1) is 11.2. The summed E-state index contributed by atoms with van der Waals surface area (Å²) in [6.07, 6.45) is -9.62. The monoisotopic (exact) mass is 413 g/mol. The Bertz CT molecular complexity index is 743. The van der Waals surface area contributed by atoms with Gasteiger partial charge in [-0.3, -0.25) is 0 Å². The summed E-state index contributed by atoms with van der Waals surface area (Å²) >= 11 is 5.65. The van der Waals surface area contributed by atoms with Crippen molar-refractivity contribution in [2.24, 2.45) is 0 Å². The molecular weight excluding hydrogens is 404 g/mol. The van der Waals surface area contributed by atoms with Crippen LogP contribution in [0.4, 0.5) is 26.3 Å². The number of benzene rings is 1. The lowest BCUT2D eigenvalue weighted by atomic mass is 10.2. The van der Waals surface area contributed by atoms with Gasteiger partial charge < -0.3 is 10.4 Å². The molecule has 1 aromatic carbocycles. The molecule has 1 saturated heterocycles. The van der Waals surface area contributed by atoms with Gasteiger partial charge in [0.25, 0.3) is 0 Å². The SMILES string of the molecule is O=C(O)C(F)(F)F.O=S(=O)(c1ccc(C(F)(F)F)cc1Cl)C1CNC1. The van der Waals surface area contributed by atoms with Crippen molar-refractivity contribution in [1.29, 1.82) is 0 Å². The molecule has 25 heavy (non-hydrogen) atoms. The van der Waals surface area contributed by atoms with Crippen LogP contribution in [0, 0.1) is 0 Å². The summed E-state index contributed by atoms with van der Waals surface area (Å²) in [7, 11) is -3.66. The van der Waals surface area contributed by atoms with Gasteiger partial charge in [-0.25, -0.2) is 13.2 Å². The van der Waals surface area contributed by atoms with Crippen LogP contribution in [-0.2, 0) is 20.8 Å². The highest BCUT2D eigenvalue weighted by molar-refractivity contribution is 7.92. The number of alkyl halides is 6. The van der Waals surface area contributed by atoms with Crippen molar-refractivity contribution in [2.75, 3.05) is 13.1 Å². The predicted octanol–water partition coefficient (Wildman–Crippen LogP) is 2.74. The Kier molecular flexibility index (Phi) is 6.35. The molecule has 0 aromatic heterocycles. The quantitative estimate of drug-likeness (QED) is 0.728. The number of carbonyl (C=O) groups is 1. The number of hydrogen-bond donors (Lipinski definition) is 2. The molecule has 0 saturated carbocycles. The van der Waals surface area contributed by atoms with Crippen LogP contribution in [0.25, 0.3) is 0 Å². The second-order valence-electron chi connectivity index (χ2n) is 4.77. The molecule has 0 amide bonds. The fraction of sp³-hybridized carbons (Fsp3) is 0.417. The Labute approximate surface area is 142 Å². The maximum Gasteiger partial charge on any atom is 0.490 e. The van der Waals surface area contributed by atoms with Gasteiger partial charge in [-0.2, -0.15) is 26.3 Å². The normalized spacial score (nSPS) is 15.8. The third kappa shape index (κ3) is 5.47. The minimum atomic E-state index is -5.08. The smallest absolute Gasteiger partial charge is 0.475 e. The average Bonchev–Trinajstić information content (AvgIpc) is 2.33. The van der Waals surface area contributed by atoms with Crippen LogP contribution in [0.5, 0.6) is 0 Å². The summed E-state index contributed by atoms with van der Waals surface area (Å²) in [6.45, 7) is 0.583. The second-order valence-corrected chi connectivity index (χ2v) is 7.37. The summed E-state index contributed by atoms with van der Waals surface area (Å²) < 4.78 is 93.0. The van der Waals surface area contributed by atoms with Crippen molar-refractivity contribution in [2.45, 2.75) is 22.5 Å². The fourth-order valence-corrected chi connectivity index (χ4v) is 3.69.